The number of nitrogens with zero attached hydrogens (tertiary/aromatic N) is 5. The van der Waals surface area contributed by atoms with Crippen LogP contribution < -0.4 is 4.74 Å². The Hall–Kier alpha value is -3.31. The number of carbonyl (C=O) groups is 1. The average Bonchev–Trinajstić information content (AvgIpc) is 3.32. The molecule has 2 aliphatic heterocycles. The molecule has 2 fully saturated rings. The summed E-state index contributed by atoms with van der Waals surface area (Å²) in [6.07, 6.45) is 6.46. The number of fused-ring (bicyclic) bond motifs is 3. The second-order valence-electron chi connectivity index (χ2n) is 9.86. The summed E-state index contributed by atoms with van der Waals surface area (Å²) in [6, 6.07) is 9.37. The van der Waals surface area contributed by atoms with Gasteiger partial charge in [0, 0.05) is 31.1 Å². The van der Waals surface area contributed by atoms with Crippen LogP contribution in [0.4, 0.5) is 4.79 Å². The molecule has 2 saturated heterocycles. The second kappa shape index (κ2) is 8.48. The highest BCUT2D eigenvalue weighted by atomic mass is 35.5. The van der Waals surface area contributed by atoms with Crippen LogP contribution in [0.1, 0.15) is 52.0 Å². The predicted molar refractivity (Wildman–Crippen MR) is 127 cm³/mol. The molecule has 1 aromatic carbocycles. The largest absolute Gasteiger partial charge is 0.474 e. The molecule has 176 valence electrons. The van der Waals surface area contributed by atoms with Crippen LogP contribution in [0.2, 0.25) is 5.02 Å². The van der Waals surface area contributed by atoms with Crippen molar-refractivity contribution in [3.05, 3.63) is 47.4 Å². The van der Waals surface area contributed by atoms with Gasteiger partial charge in [-0.1, -0.05) is 11.6 Å². The highest BCUT2D eigenvalue weighted by Gasteiger charge is 2.45. The van der Waals surface area contributed by atoms with Crippen molar-refractivity contribution in [3.63, 3.8) is 0 Å². The molecule has 2 atom stereocenters. The smallest absolute Gasteiger partial charge is 0.410 e. The average molecular weight is 480 g/mol. The minimum Gasteiger partial charge on any atom is -0.474 e. The van der Waals surface area contributed by atoms with Crippen molar-refractivity contribution in [3.8, 4) is 17.6 Å². The Bertz CT molecular complexity index is 1280. The first kappa shape index (κ1) is 22.5. The molecule has 2 aromatic heterocycles. The summed E-state index contributed by atoms with van der Waals surface area (Å²) < 4.78 is 13.9. The van der Waals surface area contributed by atoms with E-state index in [0.717, 1.165) is 36.8 Å². The van der Waals surface area contributed by atoms with Crippen LogP contribution in [-0.4, -0.2) is 49.3 Å². The van der Waals surface area contributed by atoms with Crippen LogP contribution in [-0.2, 0) is 4.74 Å². The molecule has 1 amide bonds. The molecule has 0 spiro atoms. The van der Waals surface area contributed by atoms with Gasteiger partial charge in [-0.2, -0.15) is 5.26 Å². The van der Waals surface area contributed by atoms with Crippen molar-refractivity contribution in [1.82, 2.24) is 19.4 Å². The van der Waals surface area contributed by atoms with Crippen molar-refractivity contribution in [2.45, 2.75) is 70.2 Å². The number of carbonyl (C=O) groups excluding carboxylic acids is 1. The number of halogens is 1. The van der Waals surface area contributed by atoms with E-state index in [1.165, 1.54) is 6.33 Å². The van der Waals surface area contributed by atoms with Crippen molar-refractivity contribution in [2.75, 3.05) is 0 Å². The summed E-state index contributed by atoms with van der Waals surface area (Å²) in [5.41, 5.74) is 1.38. The zero-order chi connectivity index (χ0) is 24.0. The van der Waals surface area contributed by atoms with Crippen LogP contribution in [0.3, 0.4) is 0 Å². The van der Waals surface area contributed by atoms with Crippen LogP contribution in [0, 0.1) is 11.3 Å². The van der Waals surface area contributed by atoms with Crippen molar-refractivity contribution >= 4 is 28.7 Å². The lowest BCUT2D eigenvalue weighted by atomic mass is 10.00. The summed E-state index contributed by atoms with van der Waals surface area (Å²) in [4.78, 5) is 23.5. The van der Waals surface area contributed by atoms with E-state index in [9.17, 15) is 4.79 Å². The van der Waals surface area contributed by atoms with Crippen LogP contribution in [0.5, 0.6) is 5.88 Å². The van der Waals surface area contributed by atoms with Gasteiger partial charge in [0.25, 0.3) is 0 Å². The fourth-order valence-corrected chi connectivity index (χ4v) is 5.25. The number of amides is 1. The third kappa shape index (κ3) is 4.16. The molecule has 4 heterocycles. The number of ether oxygens (including phenoxy) is 2. The van der Waals surface area contributed by atoms with Gasteiger partial charge in [-0.3, -0.25) is 4.57 Å². The molecule has 0 aliphatic carbocycles. The van der Waals surface area contributed by atoms with E-state index in [1.54, 1.807) is 18.2 Å². The van der Waals surface area contributed by atoms with E-state index >= 15 is 0 Å². The minimum absolute atomic E-state index is 0.0452. The van der Waals surface area contributed by atoms with Crippen molar-refractivity contribution in [1.29, 1.82) is 5.26 Å². The third-order valence-corrected chi connectivity index (χ3v) is 6.66. The zero-order valence-corrected chi connectivity index (χ0v) is 20.1. The summed E-state index contributed by atoms with van der Waals surface area (Å²) in [7, 11) is 0. The van der Waals surface area contributed by atoms with Gasteiger partial charge in [-0.05, 0) is 57.9 Å². The fourth-order valence-electron chi connectivity index (χ4n) is 4.98. The summed E-state index contributed by atoms with van der Waals surface area (Å²) in [5, 5.41) is 10.3. The number of aromatic nitrogens is 3. The number of benzene rings is 1. The van der Waals surface area contributed by atoms with Gasteiger partial charge in [-0.15, -0.1) is 0 Å². The molecule has 5 rings (SSSR count). The molecule has 0 N–H and O–H groups in total. The Morgan fingerprint density at radius 3 is 2.56 bits per heavy atom. The molecule has 34 heavy (non-hydrogen) atoms. The van der Waals surface area contributed by atoms with E-state index in [0.29, 0.717) is 22.1 Å². The first-order chi connectivity index (χ1) is 16.2. The third-order valence-electron chi connectivity index (χ3n) is 6.35. The van der Waals surface area contributed by atoms with Crippen LogP contribution in [0.25, 0.3) is 16.7 Å². The topological polar surface area (TPSA) is 93.3 Å². The van der Waals surface area contributed by atoms with Gasteiger partial charge < -0.3 is 14.4 Å². The molecular formula is C25H26ClN5O3. The maximum absolute atomic E-state index is 12.7. The standard InChI is InChI=1S/C25H26ClN5O3/c1-25(2,3)34-24(32)31-16-5-6-17(31)12-18(11-16)33-23-19-8-9-30(22(19)28-14-29-23)21-7-4-15(13-27)10-20(21)26/h4,7-10,14,16-18H,5-6,11-12H2,1-3H3/t16-,17-/m0/s1. The lowest BCUT2D eigenvalue weighted by molar-refractivity contribution is -0.00740. The Morgan fingerprint density at radius 1 is 1.18 bits per heavy atom. The van der Waals surface area contributed by atoms with Gasteiger partial charge in [-0.25, -0.2) is 14.8 Å². The predicted octanol–water partition coefficient (Wildman–Crippen LogP) is 5.25. The Kier molecular flexibility index (Phi) is 5.61. The van der Waals surface area contributed by atoms with Crippen LogP contribution >= 0.6 is 11.6 Å². The molecule has 2 bridgehead atoms. The van der Waals surface area contributed by atoms with Gasteiger partial charge in [0.05, 0.1) is 27.7 Å². The Morgan fingerprint density at radius 2 is 1.91 bits per heavy atom. The van der Waals surface area contributed by atoms with Crippen LogP contribution in [0.15, 0.2) is 36.8 Å². The second-order valence-corrected chi connectivity index (χ2v) is 10.3. The van der Waals surface area contributed by atoms with Gasteiger partial charge in [0.1, 0.15) is 18.0 Å². The van der Waals surface area contributed by atoms with E-state index in [-0.39, 0.29) is 24.3 Å². The van der Waals surface area contributed by atoms with Gasteiger partial charge in [0.15, 0.2) is 5.65 Å². The first-order valence-electron chi connectivity index (χ1n) is 11.4. The maximum atomic E-state index is 12.7. The van der Waals surface area contributed by atoms with Crippen molar-refractivity contribution in [2.24, 2.45) is 0 Å². The molecule has 9 heteroatoms. The molecule has 2 aliphatic rings. The summed E-state index contributed by atoms with van der Waals surface area (Å²) in [5.74, 6) is 0.517. The number of piperidine rings is 1. The van der Waals surface area contributed by atoms with Gasteiger partial charge in [0.2, 0.25) is 5.88 Å². The summed E-state index contributed by atoms with van der Waals surface area (Å²) >= 11 is 6.42. The molecule has 0 saturated carbocycles. The lowest BCUT2D eigenvalue weighted by Crippen LogP contribution is -2.50. The number of hydrogen-bond acceptors (Lipinski definition) is 6. The normalized spacial score (nSPS) is 22.0. The van der Waals surface area contributed by atoms with Crippen molar-refractivity contribution < 1.29 is 14.3 Å². The summed E-state index contributed by atoms with van der Waals surface area (Å²) in [6.45, 7) is 5.67. The molecule has 8 nitrogen and oxygen atoms in total. The minimum atomic E-state index is -0.512. The highest BCUT2D eigenvalue weighted by molar-refractivity contribution is 6.32. The van der Waals surface area contributed by atoms with E-state index in [4.69, 9.17) is 26.3 Å². The van der Waals surface area contributed by atoms with E-state index < -0.39 is 5.60 Å². The molecule has 0 unspecified atom stereocenters. The Balaban J connectivity index is 1.36. The molecular weight excluding hydrogens is 454 g/mol. The fraction of sp³-hybridized carbons (Fsp3) is 0.440. The number of rotatable bonds is 3. The quantitative estimate of drug-likeness (QED) is 0.509. The van der Waals surface area contributed by atoms with Gasteiger partial charge >= 0.3 is 6.09 Å². The monoisotopic (exact) mass is 479 g/mol. The lowest BCUT2D eigenvalue weighted by Gasteiger charge is -2.39. The number of nitriles is 1. The van der Waals surface area contributed by atoms with E-state index in [1.807, 2.05) is 42.5 Å². The van der Waals surface area contributed by atoms with E-state index in [2.05, 4.69) is 16.0 Å². The number of hydrogen-bond donors (Lipinski definition) is 0. The zero-order valence-electron chi connectivity index (χ0n) is 19.4. The molecule has 3 aromatic rings. The maximum Gasteiger partial charge on any atom is 0.410 e. The Labute approximate surface area is 203 Å². The SMILES string of the molecule is CC(C)(C)OC(=O)N1[C@H]2CC[C@H]1CC(Oc1ncnc3c1ccn3-c1ccc(C#N)cc1Cl)C2. The highest BCUT2D eigenvalue weighted by Crippen LogP contribution is 2.39. The molecule has 0 radical (unpaired) electrons. The first-order valence-corrected chi connectivity index (χ1v) is 11.8.